The number of halogens is 1. The van der Waals surface area contributed by atoms with Gasteiger partial charge in [-0.25, -0.2) is 0 Å². The van der Waals surface area contributed by atoms with E-state index in [2.05, 4.69) is 20.9 Å². The molecule has 0 bridgehead atoms. The number of carbonyl (C=O) groups excluding carboxylic acids is 1. The van der Waals surface area contributed by atoms with Gasteiger partial charge in [0.2, 0.25) is 5.91 Å². The summed E-state index contributed by atoms with van der Waals surface area (Å²) in [4.78, 5) is 17.3. The summed E-state index contributed by atoms with van der Waals surface area (Å²) in [6, 6.07) is 0. The lowest BCUT2D eigenvalue weighted by Crippen LogP contribution is -2.37. The van der Waals surface area contributed by atoms with Crippen molar-refractivity contribution < 1.29 is 4.79 Å². The Kier molecular flexibility index (Phi) is 2.07. The lowest BCUT2D eigenvalue weighted by Gasteiger charge is -2.27. The molecule has 0 fully saturated rings. The maximum Gasteiger partial charge on any atom is 0.248 e. The van der Waals surface area contributed by atoms with Crippen molar-refractivity contribution in [1.82, 2.24) is 4.90 Å². The van der Waals surface area contributed by atoms with Crippen molar-refractivity contribution in [2.75, 3.05) is 13.6 Å². The molecule has 0 aromatic heterocycles. The Labute approximate surface area is 85.0 Å². The number of hydrogen-bond donors (Lipinski definition) is 0. The Balaban J connectivity index is 2.41. The van der Waals surface area contributed by atoms with Crippen molar-refractivity contribution >= 4 is 27.5 Å². The fourth-order valence-electron chi connectivity index (χ4n) is 1.37. The molecule has 0 aromatic rings. The third-order valence-electron chi connectivity index (χ3n) is 2.14. The van der Waals surface area contributed by atoms with Crippen LogP contribution in [0.15, 0.2) is 28.9 Å². The SMILES string of the molecule is CN1C(=O)CN=C2C=CC(Br)C=C21. The van der Waals surface area contributed by atoms with Gasteiger partial charge in [0.05, 0.1) is 16.2 Å². The zero-order valence-corrected chi connectivity index (χ0v) is 8.78. The predicted octanol–water partition coefficient (Wildman–Crippen LogP) is 1.12. The summed E-state index contributed by atoms with van der Waals surface area (Å²) >= 11 is 3.44. The zero-order chi connectivity index (χ0) is 9.42. The number of carbonyl (C=O) groups is 1. The second-order valence-corrected chi connectivity index (χ2v) is 4.07. The Morgan fingerprint density at radius 3 is 3.23 bits per heavy atom. The molecule has 0 spiro atoms. The number of allylic oxidation sites excluding steroid dienone is 3. The minimum Gasteiger partial charge on any atom is -0.312 e. The average molecular weight is 241 g/mol. The topological polar surface area (TPSA) is 32.7 Å². The van der Waals surface area contributed by atoms with Crippen molar-refractivity contribution in [1.29, 1.82) is 0 Å². The normalized spacial score (nSPS) is 26.8. The summed E-state index contributed by atoms with van der Waals surface area (Å²) in [5.74, 6) is 0.0463. The molecule has 0 saturated heterocycles. The van der Waals surface area contributed by atoms with Gasteiger partial charge in [-0.3, -0.25) is 9.79 Å². The van der Waals surface area contributed by atoms with E-state index in [1.54, 1.807) is 11.9 Å². The van der Waals surface area contributed by atoms with Crippen LogP contribution in [0.5, 0.6) is 0 Å². The highest BCUT2D eigenvalue weighted by molar-refractivity contribution is 9.09. The number of aliphatic imine (C=N–C) groups is 1. The predicted molar refractivity (Wildman–Crippen MR) is 55.0 cm³/mol. The molecule has 1 heterocycles. The van der Waals surface area contributed by atoms with Gasteiger partial charge in [-0.2, -0.15) is 0 Å². The van der Waals surface area contributed by atoms with Gasteiger partial charge in [-0.1, -0.05) is 22.0 Å². The van der Waals surface area contributed by atoms with Crippen LogP contribution >= 0.6 is 15.9 Å². The van der Waals surface area contributed by atoms with Crippen LogP contribution in [-0.2, 0) is 4.79 Å². The van der Waals surface area contributed by atoms with Crippen LogP contribution in [0.2, 0.25) is 0 Å². The van der Waals surface area contributed by atoms with Gasteiger partial charge < -0.3 is 4.90 Å². The van der Waals surface area contributed by atoms with E-state index < -0.39 is 0 Å². The molecule has 1 amide bonds. The Morgan fingerprint density at radius 2 is 2.46 bits per heavy atom. The Morgan fingerprint density at radius 1 is 1.69 bits per heavy atom. The number of hydrogen-bond acceptors (Lipinski definition) is 2. The third-order valence-corrected chi connectivity index (χ3v) is 2.71. The van der Waals surface area contributed by atoms with Crippen LogP contribution in [0.25, 0.3) is 0 Å². The van der Waals surface area contributed by atoms with Gasteiger partial charge in [-0.05, 0) is 12.2 Å². The molecule has 1 unspecified atom stereocenters. The van der Waals surface area contributed by atoms with Gasteiger partial charge in [0.1, 0.15) is 6.54 Å². The summed E-state index contributed by atoms with van der Waals surface area (Å²) in [6.07, 6.45) is 5.93. The molecule has 4 heteroatoms. The molecule has 1 aliphatic heterocycles. The molecule has 0 saturated carbocycles. The molecule has 13 heavy (non-hydrogen) atoms. The smallest absolute Gasteiger partial charge is 0.248 e. The monoisotopic (exact) mass is 240 g/mol. The maximum absolute atomic E-state index is 11.3. The lowest BCUT2D eigenvalue weighted by atomic mass is 10.1. The van der Waals surface area contributed by atoms with Crippen LogP contribution in [0, 0.1) is 0 Å². The van der Waals surface area contributed by atoms with Gasteiger partial charge in [0, 0.05) is 7.05 Å². The summed E-state index contributed by atoms with van der Waals surface area (Å²) in [5.41, 5.74) is 1.80. The molecule has 0 aromatic carbocycles. The lowest BCUT2D eigenvalue weighted by molar-refractivity contribution is -0.126. The first-order valence-corrected chi connectivity index (χ1v) is 4.95. The number of rotatable bonds is 0. The van der Waals surface area contributed by atoms with E-state index in [9.17, 15) is 4.79 Å². The van der Waals surface area contributed by atoms with E-state index in [-0.39, 0.29) is 17.3 Å². The minimum atomic E-state index is 0.0463. The van der Waals surface area contributed by atoms with E-state index in [0.29, 0.717) is 0 Å². The Hall–Kier alpha value is -0.900. The summed E-state index contributed by atoms with van der Waals surface area (Å²) in [6.45, 7) is 0.264. The van der Waals surface area contributed by atoms with Gasteiger partial charge in [0.25, 0.3) is 0 Å². The van der Waals surface area contributed by atoms with Crippen molar-refractivity contribution in [3.8, 4) is 0 Å². The first kappa shape index (κ1) is 8.69. The molecular formula is C9H9BrN2O. The van der Waals surface area contributed by atoms with Crippen LogP contribution in [0.3, 0.4) is 0 Å². The van der Waals surface area contributed by atoms with E-state index in [0.717, 1.165) is 11.4 Å². The highest BCUT2D eigenvalue weighted by Gasteiger charge is 2.23. The average Bonchev–Trinajstić information content (AvgIpc) is 2.12. The second-order valence-electron chi connectivity index (χ2n) is 3.01. The van der Waals surface area contributed by atoms with E-state index >= 15 is 0 Å². The summed E-state index contributed by atoms with van der Waals surface area (Å²) < 4.78 is 0. The molecule has 68 valence electrons. The number of likely N-dealkylation sites (N-methyl/N-ethyl adjacent to an activating group) is 1. The minimum absolute atomic E-state index is 0.0463. The Bertz CT molecular complexity index is 344. The quantitative estimate of drug-likeness (QED) is 0.585. The largest absolute Gasteiger partial charge is 0.312 e. The maximum atomic E-state index is 11.3. The fraction of sp³-hybridized carbons (Fsp3) is 0.333. The zero-order valence-electron chi connectivity index (χ0n) is 7.20. The van der Waals surface area contributed by atoms with Crippen molar-refractivity contribution in [2.45, 2.75) is 4.83 Å². The van der Waals surface area contributed by atoms with Crippen LogP contribution < -0.4 is 0 Å². The van der Waals surface area contributed by atoms with Crippen molar-refractivity contribution in [3.05, 3.63) is 23.9 Å². The first-order valence-electron chi connectivity index (χ1n) is 4.04. The summed E-state index contributed by atoms with van der Waals surface area (Å²) in [5, 5.41) is 0. The van der Waals surface area contributed by atoms with Crippen molar-refractivity contribution in [3.63, 3.8) is 0 Å². The second kappa shape index (κ2) is 3.10. The molecule has 3 nitrogen and oxygen atoms in total. The van der Waals surface area contributed by atoms with Gasteiger partial charge >= 0.3 is 0 Å². The standard InChI is InChI=1S/C9H9BrN2O/c1-12-8-4-6(10)2-3-7(8)11-5-9(12)13/h2-4,6H,5H2,1H3. The number of alkyl halides is 1. The molecule has 1 atom stereocenters. The number of fused-ring (bicyclic) bond motifs is 1. The van der Waals surface area contributed by atoms with Crippen LogP contribution in [-0.4, -0.2) is 34.9 Å². The highest BCUT2D eigenvalue weighted by atomic mass is 79.9. The fourth-order valence-corrected chi connectivity index (χ4v) is 1.77. The number of nitrogens with zero attached hydrogens (tertiary/aromatic N) is 2. The molecule has 1 aliphatic carbocycles. The van der Waals surface area contributed by atoms with E-state index in [4.69, 9.17) is 0 Å². The van der Waals surface area contributed by atoms with Crippen molar-refractivity contribution in [2.24, 2.45) is 4.99 Å². The highest BCUT2D eigenvalue weighted by Crippen LogP contribution is 2.20. The van der Waals surface area contributed by atoms with Gasteiger partial charge in [0.15, 0.2) is 0 Å². The van der Waals surface area contributed by atoms with Crippen LogP contribution in [0.1, 0.15) is 0 Å². The van der Waals surface area contributed by atoms with Gasteiger partial charge in [-0.15, -0.1) is 0 Å². The summed E-state index contributed by atoms with van der Waals surface area (Å²) in [7, 11) is 1.78. The molecule has 2 rings (SSSR count). The molecule has 0 radical (unpaired) electrons. The van der Waals surface area contributed by atoms with E-state index in [1.807, 2.05) is 18.2 Å². The first-order chi connectivity index (χ1) is 6.18. The third kappa shape index (κ3) is 1.46. The number of amides is 1. The molecule has 2 aliphatic rings. The van der Waals surface area contributed by atoms with Crippen LogP contribution in [0.4, 0.5) is 0 Å². The van der Waals surface area contributed by atoms with E-state index in [1.165, 1.54) is 0 Å². The molecular weight excluding hydrogens is 232 g/mol. The molecule has 0 N–H and O–H groups in total.